The Kier molecular flexibility index (Phi) is 24.8. The maximum Gasteiger partial charge on any atom is 0.264 e. The minimum Gasteiger partial charge on any atom is -0.349 e. The number of hydrogen-bond acceptors (Lipinski definition) is 1. The molecule has 0 spiro atoms. The number of nitrogens with one attached hydrogen (secondary N) is 1. The van der Waals surface area contributed by atoms with E-state index in [-0.39, 0.29) is 0 Å². The number of aromatic amines is 1. The molecule has 0 saturated heterocycles. The highest BCUT2D eigenvalue weighted by Crippen LogP contribution is 2.41. The van der Waals surface area contributed by atoms with Gasteiger partial charge in [-0.05, 0) is 6.42 Å². The molecule has 12 aromatic carbocycles. The summed E-state index contributed by atoms with van der Waals surface area (Å²) in [5.41, 5.74) is -17.8. The van der Waals surface area contributed by atoms with Crippen LogP contribution in [0.25, 0.3) is 64.6 Å². The van der Waals surface area contributed by atoms with E-state index in [0.29, 0.717) is 0 Å². The number of rotatable bonds is 16. The van der Waals surface area contributed by atoms with Gasteiger partial charge in [0.2, 0.25) is 0 Å². The van der Waals surface area contributed by atoms with Gasteiger partial charge in [0.15, 0.2) is 209 Å². The van der Waals surface area contributed by atoms with Crippen LogP contribution in [0.1, 0.15) is 70.5 Å². The number of imidazole rings is 1. The van der Waals surface area contributed by atoms with Gasteiger partial charge in [-0.25, -0.2) is 189 Å². The van der Waals surface area contributed by atoms with Crippen LogP contribution in [0.3, 0.4) is 0 Å². The summed E-state index contributed by atoms with van der Waals surface area (Å²) in [5, 5.41) is -31.1. The average molecular weight is 1760 g/mol. The van der Waals surface area contributed by atoms with Crippen LogP contribution in [0, 0.1) is 244 Å². The Morgan fingerprint density at radius 3 is 0.475 bits per heavy atom. The predicted octanol–water partition coefficient (Wildman–Crippen LogP) is 21.7. The first-order valence-electron chi connectivity index (χ1n) is 33.1. The number of H-pyrrole nitrogens is 1. The lowest BCUT2D eigenvalue weighted by Crippen LogP contribution is -2.60. The number of aryl methyl sites for hydroxylation is 1. The summed E-state index contributed by atoms with van der Waals surface area (Å²) in [6.07, 6.45) is 17.4. The molecule has 13 rings (SSSR count). The fourth-order valence-corrected chi connectivity index (χ4v) is 13.4. The Morgan fingerprint density at radius 1 is 0.183 bits per heavy atom. The van der Waals surface area contributed by atoms with E-state index in [4.69, 9.17) is 0 Å². The first kappa shape index (κ1) is 89.4. The van der Waals surface area contributed by atoms with Gasteiger partial charge in [-0.3, -0.25) is 0 Å². The lowest BCUT2D eigenvalue weighted by Gasteiger charge is -2.23. The number of hydrogen-bond donors (Lipinski definition) is 1. The third-order valence-electron chi connectivity index (χ3n) is 19.0. The van der Waals surface area contributed by atoms with Crippen LogP contribution in [0.15, 0.2) is 12.4 Å². The first-order valence-corrected chi connectivity index (χ1v) is 33.1. The number of halogens is 42. The topological polar surface area (TPSA) is 28.7 Å². The summed E-state index contributed by atoms with van der Waals surface area (Å²) in [4.78, 5) is 7.38. The third-order valence-corrected chi connectivity index (χ3v) is 19.0. The molecule has 120 heavy (non-hydrogen) atoms. The van der Waals surface area contributed by atoms with Crippen molar-refractivity contribution in [3.8, 4) is 0 Å². The monoisotopic (exact) mass is 1760 g/mol. The van der Waals surface area contributed by atoms with E-state index in [9.17, 15) is 105 Å². The first-order chi connectivity index (χ1) is 56.2. The second-order valence-electron chi connectivity index (χ2n) is 25.6. The van der Waals surface area contributed by atoms with Crippen molar-refractivity contribution in [2.24, 2.45) is 0 Å². The van der Waals surface area contributed by atoms with Crippen LogP contribution >= 0.6 is 0 Å². The van der Waals surface area contributed by atoms with E-state index in [0.717, 1.165) is 12.2 Å². The van der Waals surface area contributed by atoms with Crippen LogP contribution in [0.5, 0.6) is 0 Å². The number of unbranched alkanes of at least 4 members (excludes halogenated alkanes) is 8. The number of nitrogens with zero attached hydrogens (tertiary/aromatic N) is 1. The molecule has 0 aliphatic rings. The van der Waals surface area contributed by atoms with Crippen molar-refractivity contribution < 1.29 is 184 Å². The van der Waals surface area contributed by atoms with Crippen molar-refractivity contribution in [1.29, 1.82) is 0 Å². The van der Waals surface area contributed by atoms with Gasteiger partial charge in [0.05, 0.1) is 64.6 Å². The second kappa shape index (κ2) is 33.3. The van der Waals surface area contributed by atoms with Crippen LogP contribution in [-0.2, 0) is 6.42 Å². The smallest absolute Gasteiger partial charge is 0.264 e. The molecule has 1 heterocycles. The Bertz CT molecular complexity index is 5610. The molecule has 0 saturated carbocycles. The maximum atomic E-state index is 16.1. The number of aromatic nitrogens is 2. The zero-order chi connectivity index (χ0) is 89.3. The quantitative estimate of drug-likeness (QED) is 0.0337. The van der Waals surface area contributed by atoms with Gasteiger partial charge in [-0.15, -0.1) is 0 Å². The van der Waals surface area contributed by atoms with Crippen LogP contribution in [0.2, 0.25) is 0 Å². The van der Waals surface area contributed by atoms with E-state index >= 15 is 79.0 Å². The summed E-state index contributed by atoms with van der Waals surface area (Å²) in [7, 11) is 0. The van der Waals surface area contributed by atoms with E-state index in [1.54, 1.807) is 0 Å². The average Bonchev–Trinajstić information content (AvgIpc) is 0.717. The Hall–Kier alpha value is -11.4. The summed E-state index contributed by atoms with van der Waals surface area (Å²) >= 11 is 0. The van der Waals surface area contributed by atoms with Gasteiger partial charge < -0.3 is 4.98 Å². The minimum atomic E-state index is -4.40. The largest absolute Gasteiger partial charge is 0.349 e. The highest BCUT2D eigenvalue weighted by Gasteiger charge is 2.49. The van der Waals surface area contributed by atoms with Gasteiger partial charge in [-0.2, -0.15) is 0 Å². The van der Waals surface area contributed by atoms with Crippen molar-refractivity contribution >= 4 is 111 Å². The molecule has 0 radical (unpaired) electrons. The summed E-state index contributed by atoms with van der Waals surface area (Å²) in [6, 6.07) is 0. The molecule has 1 aromatic heterocycles. The van der Waals surface area contributed by atoms with Crippen LogP contribution in [-0.4, -0.2) is 23.4 Å². The van der Waals surface area contributed by atoms with Gasteiger partial charge in [0.1, 0.15) is 40.7 Å². The Morgan fingerprint density at radius 2 is 0.325 bits per heavy atom. The fourth-order valence-electron chi connectivity index (χ4n) is 13.4. The summed E-state index contributed by atoms with van der Waals surface area (Å²) < 4.78 is 627. The SMILES string of the molecule is CCCCCCCCCCCc1ncc[nH]1.Fc1c(F)c(F)c2c(F)c(B(c3c(F)c(F)c4c(F)c(F)c(F)c(F)c4c3F)c3c(F)c(F)c4c(F)c(F)c(F)c(F)c4c3F)c(F)c(F)c2c1F.Fc1c(F)c(F)c2c(F)c(B(c3c(F)c(F)c4c(F)c(F)c(F)c(F)c4c3F)c3c(F)c(F)c4c(F)c(F)c(F)c(F)c4c3F)c(F)c(F)c2c1F. The lowest BCUT2D eigenvalue weighted by molar-refractivity contribution is 0.412. The van der Waals surface area contributed by atoms with E-state index in [1.807, 2.05) is 12.4 Å². The highest BCUT2D eigenvalue weighted by atomic mass is 19.2. The van der Waals surface area contributed by atoms with Crippen molar-refractivity contribution in [1.82, 2.24) is 9.97 Å². The summed E-state index contributed by atoms with van der Waals surface area (Å²) in [5.74, 6) is -129. The predicted molar refractivity (Wildman–Crippen MR) is 341 cm³/mol. The van der Waals surface area contributed by atoms with Gasteiger partial charge >= 0.3 is 0 Å². The molecule has 632 valence electrons. The summed E-state index contributed by atoms with van der Waals surface area (Å²) in [6.45, 7) is -6.54. The molecule has 46 heteroatoms. The zero-order valence-electron chi connectivity index (χ0n) is 57.7. The normalized spacial score (nSPS) is 11.8. The number of benzene rings is 12. The van der Waals surface area contributed by atoms with Gasteiger partial charge in [0.25, 0.3) is 13.4 Å². The van der Waals surface area contributed by atoms with Crippen molar-refractivity contribution in [3.63, 3.8) is 0 Å². The third kappa shape index (κ3) is 13.7. The van der Waals surface area contributed by atoms with Crippen molar-refractivity contribution in [3.05, 3.63) is 263 Å². The molecular weight excluding hydrogens is 1740 g/mol. The van der Waals surface area contributed by atoms with Crippen molar-refractivity contribution in [2.75, 3.05) is 0 Å². The van der Waals surface area contributed by atoms with Crippen molar-refractivity contribution in [2.45, 2.75) is 71.1 Å². The molecule has 0 aliphatic carbocycles. The van der Waals surface area contributed by atoms with E-state index in [1.165, 1.54) is 57.8 Å². The number of fused-ring (bicyclic) bond motifs is 6. The molecule has 0 fully saturated rings. The van der Waals surface area contributed by atoms with Gasteiger partial charge in [-0.1, -0.05) is 58.3 Å². The Labute approximate surface area is 637 Å². The lowest BCUT2D eigenvalue weighted by atomic mass is 9.35. The zero-order valence-corrected chi connectivity index (χ0v) is 57.7. The maximum absolute atomic E-state index is 16.1. The molecule has 2 nitrogen and oxygen atoms in total. The fraction of sp³-hybridized carbons (Fsp3) is 0.149. The van der Waals surface area contributed by atoms with E-state index in [2.05, 4.69) is 16.9 Å². The molecule has 0 bridgehead atoms. The molecular formula is C74H26B2F42N2. The standard InChI is InChI=1S/2C30BF21.C14H26N2/c2*32-10-1-4(19(41)28(50)25(47)16(1)38)13(35)22(44)7(10)31(8-11(33)2-5(14(36)23(8)45)20(42)29(51)26(48)17(2)39)9-12(34)3-6(15(37)24(9)46)21(43)30(52)27(49)18(3)40;1-2-3-4-5-6-7-8-9-10-11-14-15-12-13-16-14/h;;12-13H,2-11H2,1H3,(H,15,16). The van der Waals surface area contributed by atoms with Crippen LogP contribution < -0.4 is 32.8 Å². The highest BCUT2D eigenvalue weighted by molar-refractivity contribution is 6.97. The van der Waals surface area contributed by atoms with E-state index < -0.39 is 355 Å². The molecule has 0 unspecified atom stereocenters. The molecule has 0 atom stereocenters. The van der Waals surface area contributed by atoms with Gasteiger partial charge in [0, 0.05) is 51.6 Å². The minimum absolute atomic E-state index is 1.11. The van der Waals surface area contributed by atoms with Crippen LogP contribution in [0.4, 0.5) is 184 Å². The molecule has 0 aliphatic heterocycles. The second-order valence-corrected chi connectivity index (χ2v) is 25.6. The Balaban J connectivity index is 0.000000198. The molecule has 13 aromatic rings. The molecule has 0 amide bonds. The molecule has 1 N–H and O–H groups in total.